The molecule has 7 nitrogen and oxygen atoms in total. The van der Waals surface area contributed by atoms with E-state index in [2.05, 4.69) is 15.4 Å². The van der Waals surface area contributed by atoms with E-state index in [0.29, 0.717) is 27.7 Å². The predicted molar refractivity (Wildman–Crippen MR) is 92.4 cm³/mol. The number of aromatic amines is 1. The number of nitrogens with one attached hydrogen (secondary N) is 2. The second-order valence-corrected chi connectivity index (χ2v) is 5.47. The Morgan fingerprint density at radius 3 is 2.64 bits per heavy atom. The molecule has 0 aliphatic carbocycles. The van der Waals surface area contributed by atoms with Crippen molar-refractivity contribution in [1.29, 1.82) is 0 Å². The van der Waals surface area contributed by atoms with Gasteiger partial charge in [-0.1, -0.05) is 12.1 Å². The molecule has 25 heavy (non-hydrogen) atoms. The predicted octanol–water partition coefficient (Wildman–Crippen LogP) is 2.50. The Bertz CT molecular complexity index is 1180. The van der Waals surface area contributed by atoms with Crippen LogP contribution >= 0.6 is 0 Å². The normalized spacial score (nSPS) is 11.1. The number of nitrogens with zero attached hydrogens (tertiary/aromatic N) is 2. The lowest BCUT2D eigenvalue weighted by Gasteiger charge is -2.04. The molecule has 0 aliphatic rings. The standard InChI is InChI=1S/C17H12FN5O2/c18-13-3-1-2-11-14-12(8-20-15(11)13)16(24)23(22-14)10-6-4-9(5-7-10)21-17(19)25/h1-8,22H,(H3,19,21,25). The lowest BCUT2D eigenvalue weighted by atomic mass is 10.1. The minimum atomic E-state index is -0.671. The number of pyridine rings is 1. The van der Waals surface area contributed by atoms with Crippen LogP contribution in [0.2, 0.25) is 0 Å². The number of hydrogen-bond acceptors (Lipinski definition) is 3. The number of fused-ring (bicyclic) bond motifs is 3. The van der Waals surface area contributed by atoms with Crippen LogP contribution < -0.4 is 16.6 Å². The van der Waals surface area contributed by atoms with Crippen LogP contribution in [-0.2, 0) is 0 Å². The summed E-state index contributed by atoms with van der Waals surface area (Å²) in [5.41, 5.74) is 6.54. The number of rotatable bonds is 2. The maximum Gasteiger partial charge on any atom is 0.316 e. The average molecular weight is 337 g/mol. The van der Waals surface area contributed by atoms with Gasteiger partial charge in [-0.25, -0.2) is 13.9 Å². The van der Waals surface area contributed by atoms with Crippen molar-refractivity contribution in [2.24, 2.45) is 5.73 Å². The largest absolute Gasteiger partial charge is 0.351 e. The SMILES string of the molecule is NC(=O)Nc1ccc(-n2[nH]c3c(cnc4c(F)cccc43)c2=O)cc1. The Balaban J connectivity index is 1.89. The van der Waals surface area contributed by atoms with Gasteiger partial charge in [-0.05, 0) is 30.3 Å². The van der Waals surface area contributed by atoms with Gasteiger partial charge in [-0.15, -0.1) is 0 Å². The van der Waals surface area contributed by atoms with Crippen molar-refractivity contribution >= 4 is 33.5 Å². The molecule has 2 heterocycles. The van der Waals surface area contributed by atoms with Crippen LogP contribution in [0.4, 0.5) is 14.9 Å². The number of aromatic nitrogens is 3. The summed E-state index contributed by atoms with van der Waals surface area (Å²) in [6, 6.07) is 10.5. The molecule has 0 fully saturated rings. The summed E-state index contributed by atoms with van der Waals surface area (Å²) in [4.78, 5) is 27.5. The molecule has 124 valence electrons. The zero-order chi connectivity index (χ0) is 17.6. The van der Waals surface area contributed by atoms with Crippen molar-refractivity contribution in [2.75, 3.05) is 5.32 Å². The molecule has 0 spiro atoms. The molecule has 0 saturated heterocycles. The third-order valence-corrected chi connectivity index (χ3v) is 3.90. The maximum absolute atomic E-state index is 13.9. The molecular formula is C17H12FN5O2. The molecule has 4 N–H and O–H groups in total. The van der Waals surface area contributed by atoms with Gasteiger partial charge in [0.1, 0.15) is 11.3 Å². The number of benzene rings is 2. The zero-order valence-corrected chi connectivity index (χ0v) is 12.8. The van der Waals surface area contributed by atoms with E-state index in [1.165, 1.54) is 16.9 Å². The minimum Gasteiger partial charge on any atom is -0.351 e. The van der Waals surface area contributed by atoms with Gasteiger partial charge in [0.25, 0.3) is 5.56 Å². The van der Waals surface area contributed by atoms with E-state index in [9.17, 15) is 14.0 Å². The number of anilines is 1. The Kier molecular flexibility index (Phi) is 3.24. The van der Waals surface area contributed by atoms with Gasteiger partial charge in [-0.3, -0.25) is 14.9 Å². The van der Waals surface area contributed by atoms with Crippen LogP contribution in [0, 0.1) is 5.82 Å². The number of primary amides is 1. The molecule has 0 saturated carbocycles. The average Bonchev–Trinajstić information content (AvgIpc) is 2.93. The van der Waals surface area contributed by atoms with E-state index in [0.717, 1.165) is 0 Å². The van der Waals surface area contributed by atoms with Gasteiger partial charge in [-0.2, -0.15) is 0 Å². The Labute approximate surface area is 139 Å². The van der Waals surface area contributed by atoms with Crippen LogP contribution in [-0.4, -0.2) is 20.8 Å². The van der Waals surface area contributed by atoms with E-state index in [1.807, 2.05) is 0 Å². The molecule has 0 unspecified atom stereocenters. The number of hydrogen-bond donors (Lipinski definition) is 3. The molecule has 2 aromatic heterocycles. The highest BCUT2D eigenvalue weighted by Crippen LogP contribution is 2.23. The van der Waals surface area contributed by atoms with E-state index in [-0.39, 0.29) is 11.1 Å². The van der Waals surface area contributed by atoms with Crippen LogP contribution in [0.15, 0.2) is 53.5 Å². The number of amides is 2. The second-order valence-electron chi connectivity index (χ2n) is 5.47. The van der Waals surface area contributed by atoms with Crippen molar-refractivity contribution < 1.29 is 9.18 Å². The summed E-state index contributed by atoms with van der Waals surface area (Å²) in [7, 11) is 0. The molecule has 4 rings (SSSR count). The fourth-order valence-corrected chi connectivity index (χ4v) is 2.77. The topological polar surface area (TPSA) is 106 Å². The van der Waals surface area contributed by atoms with Gasteiger partial charge >= 0.3 is 6.03 Å². The molecule has 8 heteroatoms. The first-order valence-electron chi connectivity index (χ1n) is 7.39. The minimum absolute atomic E-state index is 0.199. The number of H-pyrrole nitrogens is 1. The molecule has 0 atom stereocenters. The highest BCUT2D eigenvalue weighted by molar-refractivity contribution is 6.02. The molecular weight excluding hydrogens is 325 g/mol. The smallest absolute Gasteiger partial charge is 0.316 e. The number of carbonyl (C=O) groups is 1. The summed E-state index contributed by atoms with van der Waals surface area (Å²) < 4.78 is 15.2. The zero-order valence-electron chi connectivity index (χ0n) is 12.8. The van der Waals surface area contributed by atoms with Crippen molar-refractivity contribution in [3.8, 4) is 5.69 Å². The molecule has 2 amide bonds. The lowest BCUT2D eigenvalue weighted by Crippen LogP contribution is -2.19. The molecule has 0 aliphatic heterocycles. The Morgan fingerprint density at radius 1 is 1.16 bits per heavy atom. The monoisotopic (exact) mass is 337 g/mol. The number of urea groups is 1. The molecule has 0 bridgehead atoms. The van der Waals surface area contributed by atoms with E-state index >= 15 is 0 Å². The Hall–Kier alpha value is -3.68. The van der Waals surface area contributed by atoms with Crippen LogP contribution in [0.25, 0.3) is 27.5 Å². The summed E-state index contributed by atoms with van der Waals surface area (Å²) in [6.45, 7) is 0. The third kappa shape index (κ3) is 2.40. The van der Waals surface area contributed by atoms with Crippen molar-refractivity contribution in [1.82, 2.24) is 14.8 Å². The van der Waals surface area contributed by atoms with Crippen LogP contribution in [0.3, 0.4) is 0 Å². The van der Waals surface area contributed by atoms with Crippen LogP contribution in [0.1, 0.15) is 0 Å². The van der Waals surface area contributed by atoms with E-state index in [1.54, 1.807) is 36.4 Å². The third-order valence-electron chi connectivity index (χ3n) is 3.90. The van der Waals surface area contributed by atoms with Gasteiger partial charge in [0.15, 0.2) is 0 Å². The summed E-state index contributed by atoms with van der Waals surface area (Å²) in [5.74, 6) is -0.449. The van der Waals surface area contributed by atoms with Crippen LogP contribution in [0.5, 0.6) is 0 Å². The van der Waals surface area contributed by atoms with Gasteiger partial charge in [0.05, 0.1) is 16.6 Å². The fraction of sp³-hybridized carbons (Fsp3) is 0. The summed E-state index contributed by atoms with van der Waals surface area (Å²) in [5, 5.41) is 6.33. The number of halogens is 1. The maximum atomic E-state index is 13.9. The molecule has 2 aromatic carbocycles. The first kappa shape index (κ1) is 14.9. The lowest BCUT2D eigenvalue weighted by molar-refractivity contribution is 0.259. The molecule has 4 aromatic rings. The van der Waals surface area contributed by atoms with Gasteiger partial charge in [0, 0.05) is 17.3 Å². The van der Waals surface area contributed by atoms with Crippen molar-refractivity contribution in [3.63, 3.8) is 0 Å². The quantitative estimate of drug-likeness (QED) is 0.523. The van der Waals surface area contributed by atoms with E-state index in [4.69, 9.17) is 5.73 Å². The fourth-order valence-electron chi connectivity index (χ4n) is 2.77. The highest BCUT2D eigenvalue weighted by Gasteiger charge is 2.13. The first-order chi connectivity index (χ1) is 12.0. The highest BCUT2D eigenvalue weighted by atomic mass is 19.1. The summed E-state index contributed by atoms with van der Waals surface area (Å²) in [6.07, 6.45) is 1.36. The summed E-state index contributed by atoms with van der Waals surface area (Å²) >= 11 is 0. The number of para-hydroxylation sites is 1. The molecule has 0 radical (unpaired) electrons. The number of carbonyl (C=O) groups excluding carboxylic acids is 1. The second kappa shape index (κ2) is 5.45. The van der Waals surface area contributed by atoms with Gasteiger partial charge in [0.2, 0.25) is 0 Å². The van der Waals surface area contributed by atoms with E-state index < -0.39 is 11.8 Å². The number of nitrogens with two attached hydrogens (primary N) is 1. The Morgan fingerprint density at radius 2 is 1.92 bits per heavy atom. The van der Waals surface area contributed by atoms with Crippen molar-refractivity contribution in [2.45, 2.75) is 0 Å². The van der Waals surface area contributed by atoms with Gasteiger partial charge < -0.3 is 11.1 Å². The van der Waals surface area contributed by atoms with Crippen molar-refractivity contribution in [3.05, 3.63) is 64.8 Å². The first-order valence-corrected chi connectivity index (χ1v) is 7.39.